The average Bonchev–Trinajstić information content (AvgIpc) is 3.81. The Labute approximate surface area is 298 Å². The first-order chi connectivity index (χ1) is 23.4. The van der Waals surface area contributed by atoms with Crippen molar-refractivity contribution in [3.63, 3.8) is 0 Å². The van der Waals surface area contributed by atoms with E-state index in [-0.39, 0.29) is 35.4 Å². The van der Waals surface area contributed by atoms with Gasteiger partial charge in [-0.15, -0.1) is 0 Å². The molecule has 0 aromatic rings. The molecule has 7 rings (SSSR count). The highest BCUT2D eigenvalue weighted by atomic mass is 16.5. The van der Waals surface area contributed by atoms with Crippen molar-refractivity contribution in [2.24, 2.45) is 63.1 Å². The fourth-order valence-corrected chi connectivity index (χ4v) is 13.9. The summed E-state index contributed by atoms with van der Waals surface area (Å²) in [4.78, 5) is 33.5. The molecule has 1 N–H and O–H groups in total. The zero-order valence-corrected chi connectivity index (χ0v) is 32.1. The van der Waals surface area contributed by atoms with Crippen LogP contribution in [0.2, 0.25) is 0 Å². The lowest BCUT2D eigenvalue weighted by Crippen LogP contribution is -2.65. The van der Waals surface area contributed by atoms with Crippen LogP contribution in [0.5, 0.6) is 0 Å². The van der Waals surface area contributed by atoms with Crippen molar-refractivity contribution < 1.29 is 19.4 Å². The summed E-state index contributed by atoms with van der Waals surface area (Å²) in [6, 6.07) is 0. The van der Waals surface area contributed by atoms with E-state index in [4.69, 9.17) is 4.74 Å². The Morgan fingerprint density at radius 2 is 1.78 bits per heavy atom. The van der Waals surface area contributed by atoms with E-state index in [1.165, 1.54) is 70.7 Å². The second kappa shape index (κ2) is 13.6. The number of likely N-dealkylation sites (tertiary alicyclic amines) is 1. The van der Waals surface area contributed by atoms with Crippen molar-refractivity contribution in [3.05, 3.63) is 11.6 Å². The SMILES string of the molecule is CCC(C)(C)CN(CCN1CCCCC1)C[C@@H]1O[C@@H](C23C[C@@H]4[C@H](C)CC[C@H]4C4(C=O)CC2C=C(C(C)C)[C@]43C(=O)O)C[C@H]1C1CCCCC1. The number of nitrogens with zero attached hydrogens (tertiary/aromatic N) is 2. The lowest BCUT2D eigenvalue weighted by Gasteiger charge is -2.60. The molecular weight excluding hydrogens is 608 g/mol. The van der Waals surface area contributed by atoms with E-state index in [2.05, 4.69) is 57.4 Å². The van der Waals surface area contributed by atoms with Crippen molar-refractivity contribution >= 4 is 12.3 Å². The van der Waals surface area contributed by atoms with Crippen LogP contribution in [0, 0.1) is 63.1 Å². The Kier molecular flexibility index (Phi) is 10.0. The van der Waals surface area contributed by atoms with Gasteiger partial charge in [0.05, 0.1) is 17.6 Å². The first-order valence-corrected chi connectivity index (χ1v) is 21.0. The number of aldehydes is 1. The molecule has 2 saturated heterocycles. The molecule has 49 heavy (non-hydrogen) atoms. The summed E-state index contributed by atoms with van der Waals surface area (Å²) >= 11 is 0. The Hall–Kier alpha value is -1.24. The highest BCUT2D eigenvalue weighted by Crippen LogP contribution is 2.84. The molecule has 3 unspecified atom stereocenters. The summed E-state index contributed by atoms with van der Waals surface area (Å²) in [5, 5.41) is 11.7. The van der Waals surface area contributed by atoms with Crippen LogP contribution in [0.25, 0.3) is 0 Å². The van der Waals surface area contributed by atoms with E-state index < -0.39 is 22.2 Å². The highest BCUT2D eigenvalue weighted by molar-refractivity contribution is 5.90. The number of carbonyl (C=O) groups excluding carboxylic acids is 1. The third kappa shape index (κ3) is 5.56. The Morgan fingerprint density at radius 1 is 1.06 bits per heavy atom. The lowest BCUT2D eigenvalue weighted by molar-refractivity contribution is -0.197. The minimum absolute atomic E-state index is 0.100. The molecule has 2 aliphatic heterocycles. The van der Waals surface area contributed by atoms with Gasteiger partial charge in [-0.05, 0) is 105 Å². The van der Waals surface area contributed by atoms with Crippen molar-refractivity contribution in [1.82, 2.24) is 9.80 Å². The molecule has 2 heterocycles. The monoisotopic (exact) mass is 679 g/mol. The zero-order chi connectivity index (χ0) is 34.8. The summed E-state index contributed by atoms with van der Waals surface area (Å²) in [6.45, 7) is 20.6. The topological polar surface area (TPSA) is 70.1 Å². The van der Waals surface area contributed by atoms with Gasteiger partial charge < -0.3 is 19.5 Å². The van der Waals surface area contributed by atoms with Crippen LogP contribution in [-0.4, -0.2) is 78.6 Å². The number of hydrogen-bond acceptors (Lipinski definition) is 5. The van der Waals surface area contributed by atoms with Crippen LogP contribution < -0.4 is 0 Å². The number of aliphatic carboxylic acids is 1. The smallest absolute Gasteiger partial charge is 0.315 e. The van der Waals surface area contributed by atoms with E-state index >= 15 is 0 Å². The molecule has 4 bridgehead atoms. The summed E-state index contributed by atoms with van der Waals surface area (Å²) in [6.07, 6.45) is 19.9. The summed E-state index contributed by atoms with van der Waals surface area (Å²) in [7, 11) is 0. The molecule has 276 valence electrons. The van der Waals surface area contributed by atoms with E-state index in [9.17, 15) is 14.7 Å². The second-order valence-electron chi connectivity index (χ2n) is 19.5. The third-order valence-corrected chi connectivity index (χ3v) is 16.4. The van der Waals surface area contributed by atoms with Gasteiger partial charge in [0.1, 0.15) is 11.7 Å². The Bertz CT molecular complexity index is 1250. The third-order valence-electron chi connectivity index (χ3n) is 16.4. The van der Waals surface area contributed by atoms with Gasteiger partial charge in [-0.3, -0.25) is 9.69 Å². The molecule has 0 spiro atoms. The molecule has 7 aliphatic rings. The number of carbonyl (C=O) groups is 2. The predicted octanol–water partition coefficient (Wildman–Crippen LogP) is 8.49. The van der Waals surface area contributed by atoms with Gasteiger partial charge >= 0.3 is 5.97 Å². The first-order valence-electron chi connectivity index (χ1n) is 21.0. The Balaban J connectivity index is 1.26. The normalized spacial score (nSPS) is 42.6. The van der Waals surface area contributed by atoms with Gasteiger partial charge in [-0.25, -0.2) is 0 Å². The largest absolute Gasteiger partial charge is 0.481 e. The molecule has 0 aromatic carbocycles. The van der Waals surface area contributed by atoms with Gasteiger partial charge in [0.2, 0.25) is 0 Å². The van der Waals surface area contributed by atoms with Crippen molar-refractivity contribution in [3.8, 4) is 0 Å². The molecule has 0 radical (unpaired) electrons. The maximum absolute atomic E-state index is 14.3. The number of rotatable bonds is 13. The molecule has 6 heteroatoms. The van der Waals surface area contributed by atoms with Crippen molar-refractivity contribution in [2.75, 3.05) is 39.3 Å². The van der Waals surface area contributed by atoms with Gasteiger partial charge in [0, 0.05) is 31.6 Å². The quantitative estimate of drug-likeness (QED) is 0.156. The van der Waals surface area contributed by atoms with Gasteiger partial charge in [0.25, 0.3) is 0 Å². The fourth-order valence-electron chi connectivity index (χ4n) is 13.9. The minimum atomic E-state index is -1.15. The predicted molar refractivity (Wildman–Crippen MR) is 196 cm³/mol. The van der Waals surface area contributed by atoms with Crippen LogP contribution in [0.4, 0.5) is 0 Å². The lowest BCUT2D eigenvalue weighted by atomic mass is 9.41. The van der Waals surface area contributed by atoms with Crippen LogP contribution in [0.3, 0.4) is 0 Å². The van der Waals surface area contributed by atoms with Crippen LogP contribution in [-0.2, 0) is 14.3 Å². The van der Waals surface area contributed by atoms with Crippen LogP contribution >= 0.6 is 0 Å². The van der Waals surface area contributed by atoms with Crippen molar-refractivity contribution in [2.45, 2.75) is 144 Å². The highest BCUT2D eigenvalue weighted by Gasteiger charge is 2.86. The van der Waals surface area contributed by atoms with E-state index in [0.29, 0.717) is 30.1 Å². The fraction of sp³-hybridized carbons (Fsp3) is 0.907. The summed E-state index contributed by atoms with van der Waals surface area (Å²) in [5.74, 6) is 1.69. The van der Waals surface area contributed by atoms with E-state index in [1.807, 2.05) is 0 Å². The zero-order valence-electron chi connectivity index (χ0n) is 32.1. The first kappa shape index (κ1) is 36.1. The molecule has 5 aliphatic carbocycles. The molecule has 4 saturated carbocycles. The van der Waals surface area contributed by atoms with Crippen LogP contribution in [0.1, 0.15) is 131 Å². The molecule has 10 atom stereocenters. The number of allylic oxidation sites excluding steroid dienone is 1. The number of fused-ring (bicyclic) bond motifs is 2. The molecule has 6 fully saturated rings. The minimum Gasteiger partial charge on any atom is -0.481 e. The number of carboxylic acids is 1. The molecular formula is C43H70N2O4. The summed E-state index contributed by atoms with van der Waals surface area (Å²) < 4.78 is 7.65. The van der Waals surface area contributed by atoms with Crippen molar-refractivity contribution in [1.29, 1.82) is 0 Å². The molecule has 0 aromatic heterocycles. The van der Waals surface area contributed by atoms with Gasteiger partial charge in [0.15, 0.2) is 0 Å². The maximum atomic E-state index is 14.3. The van der Waals surface area contributed by atoms with Gasteiger partial charge in [-0.1, -0.05) is 98.1 Å². The average molecular weight is 679 g/mol. The van der Waals surface area contributed by atoms with E-state index in [1.54, 1.807) is 0 Å². The molecule has 6 nitrogen and oxygen atoms in total. The standard InChI is InChI=1S/C43H70N2O4/c1-7-40(5,6)27-45(21-20-44-18-12-9-13-19-44)26-37-33(31-14-10-8-11-15-31)23-38(49-37)42-25-34-30(4)16-17-35(34)41(28-46)24-32(42)22-36(29(2)3)43(41,42)39(47)48/h22,28-35,37-38H,7-21,23-27H2,1-6H3,(H,47,48)/t30-,32?,33+,34-,35-,37+,38-,41?,42?,43+/m1/s1. The Morgan fingerprint density at radius 3 is 2.43 bits per heavy atom. The van der Waals surface area contributed by atoms with E-state index in [0.717, 1.165) is 63.9 Å². The van der Waals surface area contributed by atoms with Gasteiger partial charge in [-0.2, -0.15) is 0 Å². The number of carboxylic acid groups (broad SMARTS) is 1. The number of piperidine rings is 1. The summed E-state index contributed by atoms with van der Waals surface area (Å²) in [5.41, 5.74) is -1.23. The number of ether oxygens (including phenoxy) is 1. The van der Waals surface area contributed by atoms with Crippen LogP contribution in [0.15, 0.2) is 11.6 Å². The second-order valence-corrected chi connectivity index (χ2v) is 19.5. The maximum Gasteiger partial charge on any atom is 0.315 e. The number of hydrogen-bond donors (Lipinski definition) is 1. The molecule has 0 amide bonds.